The van der Waals surface area contributed by atoms with E-state index in [4.69, 9.17) is 24.7 Å². The van der Waals surface area contributed by atoms with Gasteiger partial charge in [0.2, 0.25) is 0 Å². The van der Waals surface area contributed by atoms with Crippen LogP contribution < -0.4 is 5.73 Å². The molecule has 0 amide bonds. The molecule has 33 heavy (non-hydrogen) atoms. The van der Waals surface area contributed by atoms with E-state index in [0.29, 0.717) is 19.8 Å². The molecule has 0 aliphatic carbocycles. The van der Waals surface area contributed by atoms with Crippen LogP contribution in [0.15, 0.2) is 48.5 Å². The average Bonchev–Trinajstić information content (AvgIpc) is 3.33. The molecule has 1 spiro atoms. The predicted molar refractivity (Wildman–Crippen MR) is 123 cm³/mol. The van der Waals surface area contributed by atoms with Crippen LogP contribution in [0.1, 0.15) is 53.9 Å². The molecule has 0 radical (unpaired) electrons. The van der Waals surface area contributed by atoms with Gasteiger partial charge in [-0.2, -0.15) is 0 Å². The van der Waals surface area contributed by atoms with E-state index in [1.165, 1.54) is 0 Å². The van der Waals surface area contributed by atoms with E-state index in [1.54, 1.807) is 0 Å². The van der Waals surface area contributed by atoms with Crippen LogP contribution in [0.5, 0.6) is 0 Å². The zero-order valence-electron chi connectivity index (χ0n) is 19.0. The normalized spacial score (nSPS) is 27.8. The van der Waals surface area contributed by atoms with E-state index in [9.17, 15) is 5.11 Å². The van der Waals surface area contributed by atoms with Gasteiger partial charge in [0.25, 0.3) is 0 Å². The van der Waals surface area contributed by atoms with Crippen molar-refractivity contribution >= 4 is 0 Å². The fraction of sp³-hybridized carbons (Fsp3) is 0.538. The molecule has 3 heterocycles. The maximum atomic E-state index is 9.39. The first kappa shape index (κ1) is 22.9. The predicted octanol–water partition coefficient (Wildman–Crippen LogP) is 3.02. The van der Waals surface area contributed by atoms with Crippen molar-refractivity contribution in [1.82, 2.24) is 4.90 Å². The summed E-state index contributed by atoms with van der Waals surface area (Å²) in [6.45, 7) is 4.67. The van der Waals surface area contributed by atoms with Gasteiger partial charge in [-0.1, -0.05) is 48.5 Å². The SMILES string of the molecule is NCc1ccc(C2OC(CN3CCC4(CC3)OCCO4)CC(c3ccc(CO)cc3)O2)cc1. The number of nitrogens with zero attached hydrogens (tertiary/aromatic N) is 1. The first-order valence-corrected chi connectivity index (χ1v) is 12.0. The summed E-state index contributed by atoms with van der Waals surface area (Å²) in [5, 5.41) is 9.39. The molecule has 3 N–H and O–H groups in total. The third kappa shape index (κ3) is 5.30. The van der Waals surface area contributed by atoms with Crippen LogP contribution in [0.3, 0.4) is 0 Å². The second kappa shape index (κ2) is 10.2. The minimum absolute atomic E-state index is 0.0392. The Hall–Kier alpha value is -1.84. The number of aliphatic hydroxyl groups is 1. The molecule has 7 heteroatoms. The Morgan fingerprint density at radius 3 is 2.15 bits per heavy atom. The number of aliphatic hydroxyl groups excluding tert-OH is 1. The largest absolute Gasteiger partial charge is 0.392 e. The minimum atomic E-state index is -0.435. The van der Waals surface area contributed by atoms with Gasteiger partial charge in [0.1, 0.15) is 0 Å². The van der Waals surface area contributed by atoms with Gasteiger partial charge >= 0.3 is 0 Å². The van der Waals surface area contributed by atoms with Crippen LogP contribution >= 0.6 is 0 Å². The molecule has 3 aliphatic heterocycles. The Morgan fingerprint density at radius 2 is 1.52 bits per heavy atom. The number of piperidine rings is 1. The first-order valence-electron chi connectivity index (χ1n) is 12.0. The molecule has 3 unspecified atom stereocenters. The summed E-state index contributed by atoms with van der Waals surface area (Å²) < 4.78 is 24.7. The van der Waals surface area contributed by atoms with E-state index in [1.807, 2.05) is 48.5 Å². The third-order valence-electron chi connectivity index (χ3n) is 7.00. The van der Waals surface area contributed by atoms with Crippen LogP contribution in [0, 0.1) is 0 Å². The summed E-state index contributed by atoms with van der Waals surface area (Å²) >= 11 is 0. The van der Waals surface area contributed by atoms with Crippen LogP contribution in [0.25, 0.3) is 0 Å². The fourth-order valence-electron chi connectivity index (χ4n) is 4.99. The molecule has 0 saturated carbocycles. The molecule has 5 rings (SSSR count). The van der Waals surface area contributed by atoms with Gasteiger partial charge in [-0.25, -0.2) is 0 Å². The maximum Gasteiger partial charge on any atom is 0.184 e. The lowest BCUT2D eigenvalue weighted by Crippen LogP contribution is -2.48. The standard InChI is InChI=1S/C26H34N2O5/c27-16-19-1-7-22(8-2-19)25-32-23(15-24(33-25)21-5-3-20(18-29)4-6-21)17-28-11-9-26(10-12-28)30-13-14-31-26/h1-8,23-25,29H,9-18,27H2. The maximum absolute atomic E-state index is 9.39. The van der Waals surface area contributed by atoms with Gasteiger partial charge in [-0.3, -0.25) is 0 Å². The zero-order valence-corrected chi connectivity index (χ0v) is 19.0. The lowest BCUT2D eigenvalue weighted by molar-refractivity contribution is -0.255. The molecule has 2 aromatic rings. The van der Waals surface area contributed by atoms with Crippen molar-refractivity contribution in [2.24, 2.45) is 5.73 Å². The Balaban J connectivity index is 1.30. The molecule has 178 valence electrons. The summed E-state index contributed by atoms with van der Waals surface area (Å²) in [5.41, 5.74) is 9.85. The Labute approximate surface area is 195 Å². The van der Waals surface area contributed by atoms with Gasteiger partial charge in [-0.05, 0) is 16.7 Å². The molecule has 0 bridgehead atoms. The van der Waals surface area contributed by atoms with E-state index < -0.39 is 6.29 Å². The zero-order chi connectivity index (χ0) is 22.7. The third-order valence-corrected chi connectivity index (χ3v) is 7.00. The van der Waals surface area contributed by atoms with E-state index >= 15 is 0 Å². The fourth-order valence-corrected chi connectivity index (χ4v) is 4.99. The number of nitrogens with two attached hydrogens (primary N) is 1. The monoisotopic (exact) mass is 454 g/mol. The van der Waals surface area contributed by atoms with Crippen molar-refractivity contribution in [3.8, 4) is 0 Å². The summed E-state index contributed by atoms with van der Waals surface area (Å²) in [6, 6.07) is 16.2. The number of likely N-dealkylation sites (tertiary alicyclic amines) is 1. The topological polar surface area (TPSA) is 86.4 Å². The Bertz CT molecular complexity index is 832. The second-order valence-corrected chi connectivity index (χ2v) is 9.20. The van der Waals surface area contributed by atoms with Gasteiger partial charge in [0.15, 0.2) is 12.1 Å². The highest BCUT2D eigenvalue weighted by molar-refractivity contribution is 5.26. The van der Waals surface area contributed by atoms with Gasteiger partial charge < -0.3 is 34.7 Å². The Kier molecular flexibility index (Phi) is 7.08. The highest BCUT2D eigenvalue weighted by Gasteiger charge is 2.41. The van der Waals surface area contributed by atoms with Crippen LogP contribution in [0.2, 0.25) is 0 Å². The van der Waals surface area contributed by atoms with Crippen molar-refractivity contribution < 1.29 is 24.1 Å². The number of rotatable bonds is 6. The molecule has 7 nitrogen and oxygen atoms in total. The minimum Gasteiger partial charge on any atom is -0.392 e. The smallest absolute Gasteiger partial charge is 0.184 e. The second-order valence-electron chi connectivity index (χ2n) is 9.20. The summed E-state index contributed by atoms with van der Waals surface area (Å²) in [6.07, 6.45) is 2.10. The van der Waals surface area contributed by atoms with Crippen molar-refractivity contribution in [3.05, 3.63) is 70.8 Å². The quantitative estimate of drug-likeness (QED) is 0.694. The molecule has 3 fully saturated rings. The number of benzene rings is 2. The van der Waals surface area contributed by atoms with Crippen LogP contribution in [0.4, 0.5) is 0 Å². The van der Waals surface area contributed by atoms with Gasteiger partial charge in [0.05, 0.1) is 32.0 Å². The number of hydrogen-bond donors (Lipinski definition) is 2. The highest BCUT2D eigenvalue weighted by Crippen LogP contribution is 2.39. The van der Waals surface area contributed by atoms with Crippen molar-refractivity contribution in [3.63, 3.8) is 0 Å². The summed E-state index contributed by atoms with van der Waals surface area (Å²) in [7, 11) is 0. The molecule has 0 aromatic heterocycles. The number of ether oxygens (including phenoxy) is 4. The number of hydrogen-bond acceptors (Lipinski definition) is 7. The van der Waals surface area contributed by atoms with Gasteiger partial charge in [0, 0.05) is 51.0 Å². The van der Waals surface area contributed by atoms with Crippen LogP contribution in [-0.4, -0.2) is 54.7 Å². The molecule has 3 saturated heterocycles. The summed E-state index contributed by atoms with van der Waals surface area (Å²) in [4.78, 5) is 2.45. The van der Waals surface area contributed by atoms with E-state index in [-0.39, 0.29) is 24.6 Å². The molecule has 3 aliphatic rings. The molecular formula is C26H34N2O5. The first-order chi connectivity index (χ1) is 16.2. The van der Waals surface area contributed by atoms with E-state index in [0.717, 1.165) is 61.2 Å². The van der Waals surface area contributed by atoms with Crippen LogP contribution in [-0.2, 0) is 32.1 Å². The van der Waals surface area contributed by atoms with E-state index in [2.05, 4.69) is 4.90 Å². The lowest BCUT2D eigenvalue weighted by Gasteiger charge is -2.41. The van der Waals surface area contributed by atoms with Crippen molar-refractivity contribution in [1.29, 1.82) is 0 Å². The van der Waals surface area contributed by atoms with Gasteiger partial charge in [-0.15, -0.1) is 0 Å². The molecule has 2 aromatic carbocycles. The lowest BCUT2D eigenvalue weighted by atomic mass is 9.98. The Morgan fingerprint density at radius 1 is 0.879 bits per heavy atom. The molecular weight excluding hydrogens is 420 g/mol. The summed E-state index contributed by atoms with van der Waals surface area (Å²) in [5.74, 6) is -0.364. The highest BCUT2D eigenvalue weighted by atomic mass is 16.7. The average molecular weight is 455 g/mol. The van der Waals surface area contributed by atoms with Crippen molar-refractivity contribution in [2.45, 2.75) is 56.7 Å². The van der Waals surface area contributed by atoms with Crippen molar-refractivity contribution in [2.75, 3.05) is 32.8 Å². The molecule has 3 atom stereocenters.